The fraction of sp³-hybridized carbons (Fsp3) is 0.308. The Labute approximate surface area is 130 Å². The molecule has 0 aliphatic carbocycles. The summed E-state index contributed by atoms with van der Waals surface area (Å²) in [5.41, 5.74) is 0.388. The number of amides is 2. The lowest BCUT2D eigenvalue weighted by Crippen LogP contribution is -2.43. The minimum absolute atomic E-state index is 0.102. The summed E-state index contributed by atoms with van der Waals surface area (Å²) in [7, 11) is 1.34. The molecule has 10 nitrogen and oxygen atoms in total. The van der Waals surface area contributed by atoms with Gasteiger partial charge in [0.25, 0.3) is 5.69 Å². The summed E-state index contributed by atoms with van der Waals surface area (Å²) in [5.74, 6) is -1.92. The minimum atomic E-state index is -1.42. The van der Waals surface area contributed by atoms with E-state index in [1.807, 2.05) is 0 Å². The van der Waals surface area contributed by atoms with Crippen molar-refractivity contribution in [3.05, 3.63) is 39.9 Å². The van der Waals surface area contributed by atoms with E-state index in [0.717, 1.165) is 0 Å². The quantitative estimate of drug-likeness (QED) is 0.485. The van der Waals surface area contributed by atoms with Crippen LogP contribution in [0.1, 0.15) is 12.0 Å². The van der Waals surface area contributed by atoms with Crippen LogP contribution in [-0.4, -0.2) is 41.1 Å². The third-order valence-electron chi connectivity index (χ3n) is 2.78. The van der Waals surface area contributed by atoms with Crippen molar-refractivity contribution in [3.8, 4) is 0 Å². The number of benzene rings is 1. The number of ether oxygens (including phenoxy) is 1. The van der Waals surface area contributed by atoms with Gasteiger partial charge in [0.15, 0.2) is 0 Å². The van der Waals surface area contributed by atoms with Crippen LogP contribution in [0.15, 0.2) is 24.3 Å². The summed E-state index contributed by atoms with van der Waals surface area (Å²) in [6.45, 7) is -0.198. The second kappa shape index (κ2) is 8.32. The molecule has 0 saturated carbocycles. The molecule has 1 atom stereocenters. The normalized spacial score (nSPS) is 11.2. The summed E-state index contributed by atoms with van der Waals surface area (Å²) < 4.78 is 4.81. The topological polar surface area (TPSA) is 148 Å². The van der Waals surface area contributed by atoms with Crippen molar-refractivity contribution in [1.29, 1.82) is 0 Å². The van der Waals surface area contributed by atoms with Gasteiger partial charge in [-0.25, -0.2) is 9.59 Å². The highest BCUT2D eigenvalue weighted by atomic mass is 16.6. The largest absolute Gasteiger partial charge is 0.480 e. The summed E-state index contributed by atoms with van der Waals surface area (Å²) in [6.07, 6.45) is -1.45. The van der Waals surface area contributed by atoms with E-state index >= 15 is 0 Å². The predicted molar refractivity (Wildman–Crippen MR) is 76.5 cm³/mol. The molecule has 0 aromatic heterocycles. The molecule has 2 amide bonds. The average molecular weight is 325 g/mol. The van der Waals surface area contributed by atoms with Gasteiger partial charge in [-0.2, -0.15) is 0 Å². The van der Waals surface area contributed by atoms with E-state index in [-0.39, 0.29) is 12.3 Å². The number of carboxylic acid groups (broad SMARTS) is 1. The fourth-order valence-corrected chi connectivity index (χ4v) is 1.53. The number of nitrogens with one attached hydrogen (secondary N) is 2. The van der Waals surface area contributed by atoms with Gasteiger partial charge in [0.05, 0.1) is 11.3 Å². The SMILES string of the molecule is CNC(=O)CC(NC(=O)OCc1ccc([N+](=O)[O-])cc1)C(=O)O. The van der Waals surface area contributed by atoms with E-state index < -0.39 is 35.4 Å². The first kappa shape index (κ1) is 17.9. The van der Waals surface area contributed by atoms with Crippen LogP contribution in [0.4, 0.5) is 10.5 Å². The van der Waals surface area contributed by atoms with Crippen molar-refractivity contribution in [2.45, 2.75) is 19.1 Å². The molecule has 1 aromatic carbocycles. The summed E-state index contributed by atoms with van der Waals surface area (Å²) >= 11 is 0. The van der Waals surface area contributed by atoms with Gasteiger partial charge in [-0.15, -0.1) is 0 Å². The Morgan fingerprint density at radius 1 is 1.30 bits per heavy atom. The molecule has 1 rings (SSSR count). The molecule has 0 saturated heterocycles. The molecule has 1 unspecified atom stereocenters. The molecule has 0 fully saturated rings. The predicted octanol–water partition coefficient (Wildman–Crippen LogP) is 0.410. The number of hydrogen-bond donors (Lipinski definition) is 3. The number of nitro benzene ring substituents is 1. The summed E-state index contributed by atoms with van der Waals surface area (Å²) in [4.78, 5) is 43.6. The molecular formula is C13H15N3O7. The highest BCUT2D eigenvalue weighted by molar-refractivity contribution is 5.86. The van der Waals surface area contributed by atoms with E-state index in [2.05, 4.69) is 10.6 Å². The second-order valence-electron chi connectivity index (χ2n) is 4.41. The van der Waals surface area contributed by atoms with Crippen molar-refractivity contribution < 1.29 is 29.2 Å². The van der Waals surface area contributed by atoms with Crippen LogP contribution in [0.25, 0.3) is 0 Å². The molecule has 1 aromatic rings. The third kappa shape index (κ3) is 5.99. The molecule has 0 radical (unpaired) electrons. The van der Waals surface area contributed by atoms with Crippen LogP contribution >= 0.6 is 0 Å². The van der Waals surface area contributed by atoms with Crippen LogP contribution in [0, 0.1) is 10.1 Å². The zero-order valence-electron chi connectivity index (χ0n) is 12.1. The van der Waals surface area contributed by atoms with E-state index in [1.165, 1.54) is 31.3 Å². The van der Waals surface area contributed by atoms with Gasteiger partial charge in [-0.1, -0.05) is 0 Å². The number of rotatable bonds is 7. The first-order chi connectivity index (χ1) is 10.8. The van der Waals surface area contributed by atoms with Gasteiger partial charge in [-0.3, -0.25) is 14.9 Å². The number of alkyl carbamates (subject to hydrolysis) is 1. The van der Waals surface area contributed by atoms with Crippen molar-refractivity contribution in [1.82, 2.24) is 10.6 Å². The number of non-ortho nitro benzene ring substituents is 1. The molecule has 0 heterocycles. The molecule has 0 aliphatic rings. The first-order valence-corrected chi connectivity index (χ1v) is 6.43. The third-order valence-corrected chi connectivity index (χ3v) is 2.78. The molecular weight excluding hydrogens is 310 g/mol. The average Bonchev–Trinajstić information content (AvgIpc) is 2.52. The van der Waals surface area contributed by atoms with Crippen LogP contribution in [0.3, 0.4) is 0 Å². The zero-order valence-corrected chi connectivity index (χ0v) is 12.1. The molecule has 0 aliphatic heterocycles. The lowest BCUT2D eigenvalue weighted by molar-refractivity contribution is -0.384. The number of carboxylic acids is 1. The Bertz CT molecular complexity index is 600. The Morgan fingerprint density at radius 2 is 1.91 bits per heavy atom. The summed E-state index contributed by atoms with van der Waals surface area (Å²) in [6, 6.07) is 3.90. The molecule has 0 bridgehead atoms. The Balaban J connectivity index is 2.53. The number of aliphatic carboxylic acids is 1. The Kier molecular flexibility index (Phi) is 6.46. The highest BCUT2D eigenvalue weighted by Crippen LogP contribution is 2.12. The van der Waals surface area contributed by atoms with E-state index in [1.54, 1.807) is 0 Å². The molecule has 3 N–H and O–H groups in total. The maximum Gasteiger partial charge on any atom is 0.408 e. The second-order valence-corrected chi connectivity index (χ2v) is 4.41. The van der Waals surface area contributed by atoms with Gasteiger partial charge in [0, 0.05) is 19.2 Å². The van der Waals surface area contributed by atoms with E-state index in [4.69, 9.17) is 9.84 Å². The molecule has 0 spiro atoms. The lowest BCUT2D eigenvalue weighted by atomic mass is 10.2. The van der Waals surface area contributed by atoms with Gasteiger partial charge in [0.2, 0.25) is 5.91 Å². The minimum Gasteiger partial charge on any atom is -0.480 e. The van der Waals surface area contributed by atoms with Crippen LogP contribution in [0.2, 0.25) is 0 Å². The molecule has 124 valence electrons. The molecule has 10 heteroatoms. The van der Waals surface area contributed by atoms with Crippen molar-refractivity contribution in [2.24, 2.45) is 0 Å². The van der Waals surface area contributed by atoms with E-state index in [0.29, 0.717) is 5.56 Å². The highest BCUT2D eigenvalue weighted by Gasteiger charge is 2.23. The lowest BCUT2D eigenvalue weighted by Gasteiger charge is -2.13. The summed E-state index contributed by atoms with van der Waals surface area (Å²) in [5, 5.41) is 23.7. The van der Waals surface area contributed by atoms with Crippen molar-refractivity contribution in [2.75, 3.05) is 7.05 Å². The van der Waals surface area contributed by atoms with Gasteiger partial charge >= 0.3 is 12.1 Å². The number of nitrogens with zero attached hydrogens (tertiary/aromatic N) is 1. The van der Waals surface area contributed by atoms with Crippen LogP contribution < -0.4 is 10.6 Å². The number of carbonyl (C=O) groups is 3. The van der Waals surface area contributed by atoms with E-state index in [9.17, 15) is 24.5 Å². The zero-order chi connectivity index (χ0) is 17.4. The maximum atomic E-state index is 11.5. The smallest absolute Gasteiger partial charge is 0.408 e. The first-order valence-electron chi connectivity index (χ1n) is 6.43. The van der Waals surface area contributed by atoms with Crippen LogP contribution in [0.5, 0.6) is 0 Å². The Hall–Kier alpha value is -3.17. The maximum absolute atomic E-state index is 11.5. The van der Waals surface area contributed by atoms with Crippen molar-refractivity contribution in [3.63, 3.8) is 0 Å². The number of nitro groups is 1. The van der Waals surface area contributed by atoms with Gasteiger partial charge in [0.1, 0.15) is 12.6 Å². The molecule has 23 heavy (non-hydrogen) atoms. The number of carbonyl (C=O) groups excluding carboxylic acids is 2. The van der Waals surface area contributed by atoms with Gasteiger partial charge < -0.3 is 20.5 Å². The monoisotopic (exact) mass is 325 g/mol. The Morgan fingerprint density at radius 3 is 2.39 bits per heavy atom. The van der Waals surface area contributed by atoms with Crippen LogP contribution in [-0.2, 0) is 20.9 Å². The fourth-order valence-electron chi connectivity index (χ4n) is 1.53. The van der Waals surface area contributed by atoms with Gasteiger partial charge in [-0.05, 0) is 17.7 Å². The number of hydrogen-bond acceptors (Lipinski definition) is 6. The van der Waals surface area contributed by atoms with Crippen molar-refractivity contribution >= 4 is 23.7 Å². The standard InChI is InChI=1S/C13H15N3O7/c1-14-11(17)6-10(12(18)19)15-13(20)23-7-8-2-4-9(5-3-8)16(21)22/h2-5,10H,6-7H2,1H3,(H,14,17)(H,15,20)(H,18,19).